The van der Waals surface area contributed by atoms with Crippen LogP contribution in [-0.2, 0) is 9.53 Å². The molecule has 0 aromatic carbocycles. The first-order chi connectivity index (χ1) is 7.56. The Kier molecular flexibility index (Phi) is 4.70. The third kappa shape index (κ3) is 2.53. The topological polar surface area (TPSA) is 75.8 Å². The Morgan fingerprint density at radius 2 is 2.31 bits per heavy atom. The SMILES string of the molecule is CCCN(CCO)C(=O)C1(C)COCC1N. The van der Waals surface area contributed by atoms with Crippen LogP contribution in [0.2, 0.25) is 0 Å². The van der Waals surface area contributed by atoms with Crippen molar-refractivity contribution in [1.29, 1.82) is 0 Å². The van der Waals surface area contributed by atoms with E-state index < -0.39 is 5.41 Å². The fraction of sp³-hybridized carbons (Fsp3) is 0.909. The van der Waals surface area contributed by atoms with Crippen molar-refractivity contribution in [2.24, 2.45) is 11.1 Å². The Labute approximate surface area is 96.6 Å². The van der Waals surface area contributed by atoms with Gasteiger partial charge in [0.25, 0.3) is 0 Å². The molecule has 16 heavy (non-hydrogen) atoms. The van der Waals surface area contributed by atoms with Gasteiger partial charge < -0.3 is 20.5 Å². The minimum Gasteiger partial charge on any atom is -0.395 e. The average Bonchev–Trinajstić information content (AvgIpc) is 2.59. The van der Waals surface area contributed by atoms with Gasteiger partial charge in [0.05, 0.1) is 25.2 Å². The van der Waals surface area contributed by atoms with Crippen LogP contribution in [-0.4, -0.2) is 54.9 Å². The molecule has 1 aliphatic rings. The van der Waals surface area contributed by atoms with Gasteiger partial charge in [-0.25, -0.2) is 0 Å². The second-order valence-corrected chi connectivity index (χ2v) is 4.55. The van der Waals surface area contributed by atoms with E-state index in [-0.39, 0.29) is 18.6 Å². The first-order valence-corrected chi connectivity index (χ1v) is 5.79. The van der Waals surface area contributed by atoms with E-state index in [0.29, 0.717) is 26.3 Å². The van der Waals surface area contributed by atoms with E-state index in [1.165, 1.54) is 0 Å². The standard InChI is InChI=1S/C11H22N2O3/c1-3-4-13(5-6-14)10(15)11(2)8-16-7-9(11)12/h9,14H,3-8,12H2,1-2H3. The molecule has 0 saturated carbocycles. The van der Waals surface area contributed by atoms with Gasteiger partial charge in [0, 0.05) is 19.1 Å². The number of aliphatic hydroxyl groups excluding tert-OH is 1. The van der Waals surface area contributed by atoms with E-state index in [1.54, 1.807) is 4.90 Å². The van der Waals surface area contributed by atoms with Crippen LogP contribution < -0.4 is 5.73 Å². The van der Waals surface area contributed by atoms with Crippen molar-refractivity contribution in [3.63, 3.8) is 0 Å². The summed E-state index contributed by atoms with van der Waals surface area (Å²) in [6.07, 6.45) is 0.873. The third-order valence-electron chi connectivity index (χ3n) is 3.16. The highest BCUT2D eigenvalue weighted by atomic mass is 16.5. The Morgan fingerprint density at radius 3 is 2.75 bits per heavy atom. The van der Waals surface area contributed by atoms with E-state index in [2.05, 4.69) is 0 Å². The number of ether oxygens (including phenoxy) is 1. The normalized spacial score (nSPS) is 29.4. The molecule has 1 amide bonds. The summed E-state index contributed by atoms with van der Waals surface area (Å²) in [5, 5.41) is 8.95. The predicted molar refractivity (Wildman–Crippen MR) is 60.9 cm³/mol. The lowest BCUT2D eigenvalue weighted by molar-refractivity contribution is -0.142. The van der Waals surface area contributed by atoms with E-state index >= 15 is 0 Å². The zero-order chi connectivity index (χ0) is 12.2. The molecule has 0 radical (unpaired) electrons. The average molecular weight is 230 g/mol. The number of hydrogen-bond acceptors (Lipinski definition) is 4. The largest absolute Gasteiger partial charge is 0.395 e. The molecule has 0 spiro atoms. The van der Waals surface area contributed by atoms with Crippen LogP contribution in [0.4, 0.5) is 0 Å². The van der Waals surface area contributed by atoms with Crippen molar-refractivity contribution < 1.29 is 14.6 Å². The molecule has 2 unspecified atom stereocenters. The van der Waals surface area contributed by atoms with Gasteiger partial charge in [-0.2, -0.15) is 0 Å². The molecule has 1 rings (SSSR count). The fourth-order valence-corrected chi connectivity index (χ4v) is 1.98. The lowest BCUT2D eigenvalue weighted by Crippen LogP contribution is -2.52. The number of amides is 1. The number of nitrogens with zero attached hydrogens (tertiary/aromatic N) is 1. The zero-order valence-corrected chi connectivity index (χ0v) is 10.1. The van der Waals surface area contributed by atoms with Crippen LogP contribution in [0, 0.1) is 5.41 Å². The molecule has 1 aliphatic heterocycles. The number of carbonyl (C=O) groups excluding carboxylic acids is 1. The van der Waals surface area contributed by atoms with Crippen molar-refractivity contribution in [2.75, 3.05) is 32.9 Å². The minimum atomic E-state index is -0.635. The Bertz CT molecular complexity index is 241. The highest BCUT2D eigenvalue weighted by Crippen LogP contribution is 2.29. The van der Waals surface area contributed by atoms with Crippen molar-refractivity contribution in [1.82, 2.24) is 4.90 Å². The molecule has 3 N–H and O–H groups in total. The molecule has 1 heterocycles. The summed E-state index contributed by atoms with van der Waals surface area (Å²) in [6, 6.07) is -0.252. The molecule has 1 fully saturated rings. The molecule has 5 heteroatoms. The highest BCUT2D eigenvalue weighted by Gasteiger charge is 2.46. The van der Waals surface area contributed by atoms with Gasteiger partial charge >= 0.3 is 0 Å². The Balaban J connectivity index is 2.72. The van der Waals surface area contributed by atoms with Gasteiger partial charge in [-0.15, -0.1) is 0 Å². The van der Waals surface area contributed by atoms with Crippen LogP contribution in [0.5, 0.6) is 0 Å². The minimum absolute atomic E-state index is 0.00611. The third-order valence-corrected chi connectivity index (χ3v) is 3.16. The lowest BCUT2D eigenvalue weighted by Gasteiger charge is -2.32. The summed E-state index contributed by atoms with van der Waals surface area (Å²) < 4.78 is 5.26. The first kappa shape index (κ1) is 13.4. The first-order valence-electron chi connectivity index (χ1n) is 5.79. The summed E-state index contributed by atoms with van der Waals surface area (Å²) in [4.78, 5) is 14.0. The molecular formula is C11H22N2O3. The van der Waals surface area contributed by atoms with Crippen LogP contribution >= 0.6 is 0 Å². The molecule has 2 atom stereocenters. The molecule has 0 aliphatic carbocycles. The number of hydrogen-bond donors (Lipinski definition) is 2. The predicted octanol–water partition coefficient (Wildman–Crippen LogP) is -0.419. The van der Waals surface area contributed by atoms with Crippen molar-refractivity contribution >= 4 is 5.91 Å². The van der Waals surface area contributed by atoms with Crippen LogP contribution in [0.1, 0.15) is 20.3 Å². The van der Waals surface area contributed by atoms with E-state index in [4.69, 9.17) is 15.6 Å². The molecule has 1 saturated heterocycles. The van der Waals surface area contributed by atoms with Crippen LogP contribution in [0.15, 0.2) is 0 Å². The zero-order valence-electron chi connectivity index (χ0n) is 10.1. The van der Waals surface area contributed by atoms with Gasteiger partial charge in [-0.1, -0.05) is 6.92 Å². The quantitative estimate of drug-likeness (QED) is 0.672. The van der Waals surface area contributed by atoms with Crippen molar-refractivity contribution in [3.05, 3.63) is 0 Å². The van der Waals surface area contributed by atoms with Gasteiger partial charge in [-0.05, 0) is 13.3 Å². The Morgan fingerprint density at radius 1 is 1.62 bits per heavy atom. The fourth-order valence-electron chi connectivity index (χ4n) is 1.98. The lowest BCUT2D eigenvalue weighted by atomic mass is 9.84. The van der Waals surface area contributed by atoms with Crippen LogP contribution in [0.3, 0.4) is 0 Å². The smallest absolute Gasteiger partial charge is 0.232 e. The maximum absolute atomic E-state index is 12.3. The van der Waals surface area contributed by atoms with Crippen molar-refractivity contribution in [2.45, 2.75) is 26.3 Å². The number of nitrogens with two attached hydrogens (primary N) is 1. The van der Waals surface area contributed by atoms with E-state index in [1.807, 2.05) is 13.8 Å². The summed E-state index contributed by atoms with van der Waals surface area (Å²) in [5.74, 6) is -0.00611. The molecule has 0 aromatic heterocycles. The highest BCUT2D eigenvalue weighted by molar-refractivity contribution is 5.83. The Hall–Kier alpha value is -0.650. The number of aliphatic hydroxyl groups is 1. The second-order valence-electron chi connectivity index (χ2n) is 4.55. The van der Waals surface area contributed by atoms with Crippen LogP contribution in [0.25, 0.3) is 0 Å². The van der Waals surface area contributed by atoms with E-state index in [9.17, 15) is 4.79 Å². The van der Waals surface area contributed by atoms with Gasteiger partial charge in [-0.3, -0.25) is 4.79 Å². The van der Waals surface area contributed by atoms with Gasteiger partial charge in [0.15, 0.2) is 0 Å². The second kappa shape index (κ2) is 5.61. The maximum atomic E-state index is 12.3. The van der Waals surface area contributed by atoms with Crippen molar-refractivity contribution in [3.8, 4) is 0 Å². The monoisotopic (exact) mass is 230 g/mol. The molecule has 0 aromatic rings. The number of carbonyl (C=O) groups is 1. The van der Waals surface area contributed by atoms with Gasteiger partial charge in [0.2, 0.25) is 5.91 Å². The summed E-state index contributed by atoms with van der Waals surface area (Å²) in [7, 11) is 0. The molecule has 5 nitrogen and oxygen atoms in total. The van der Waals surface area contributed by atoms with Gasteiger partial charge in [0.1, 0.15) is 0 Å². The molecule has 94 valence electrons. The summed E-state index contributed by atoms with van der Waals surface area (Å²) in [6.45, 7) is 5.66. The summed E-state index contributed by atoms with van der Waals surface area (Å²) >= 11 is 0. The number of rotatable bonds is 5. The van der Waals surface area contributed by atoms with E-state index in [0.717, 1.165) is 6.42 Å². The molecule has 0 bridgehead atoms. The maximum Gasteiger partial charge on any atom is 0.232 e. The molecular weight excluding hydrogens is 208 g/mol. The summed E-state index contributed by atoms with van der Waals surface area (Å²) in [5.41, 5.74) is 5.27.